The molecule has 0 unspecified atom stereocenters. The SMILES string of the molecule is COc1ccc(C(=O)NCCNC(=O)COc2ccc(C)cc2C)cc1. The Balaban J connectivity index is 1.67. The largest absolute Gasteiger partial charge is 0.497 e. The maximum Gasteiger partial charge on any atom is 0.258 e. The van der Waals surface area contributed by atoms with Crippen molar-refractivity contribution >= 4 is 11.8 Å². The fourth-order valence-corrected chi connectivity index (χ4v) is 2.38. The third kappa shape index (κ3) is 5.81. The van der Waals surface area contributed by atoms with Gasteiger partial charge < -0.3 is 20.1 Å². The molecule has 2 aromatic carbocycles. The van der Waals surface area contributed by atoms with Crippen molar-refractivity contribution in [2.75, 3.05) is 26.8 Å². The van der Waals surface area contributed by atoms with Crippen LogP contribution in [0.4, 0.5) is 0 Å². The average Bonchev–Trinajstić information content (AvgIpc) is 2.64. The molecule has 6 heteroatoms. The van der Waals surface area contributed by atoms with Crippen molar-refractivity contribution in [1.82, 2.24) is 10.6 Å². The second kappa shape index (κ2) is 9.46. The zero-order chi connectivity index (χ0) is 18.9. The first-order valence-corrected chi connectivity index (χ1v) is 8.38. The zero-order valence-corrected chi connectivity index (χ0v) is 15.3. The van der Waals surface area contributed by atoms with E-state index in [9.17, 15) is 9.59 Å². The van der Waals surface area contributed by atoms with Crippen LogP contribution in [0.5, 0.6) is 11.5 Å². The Morgan fingerprint density at radius 1 is 0.962 bits per heavy atom. The minimum absolute atomic E-state index is 0.0592. The highest BCUT2D eigenvalue weighted by Crippen LogP contribution is 2.18. The molecule has 0 bridgehead atoms. The lowest BCUT2D eigenvalue weighted by atomic mass is 10.1. The summed E-state index contributed by atoms with van der Waals surface area (Å²) in [5.41, 5.74) is 2.67. The van der Waals surface area contributed by atoms with E-state index in [0.29, 0.717) is 30.2 Å². The fraction of sp³-hybridized carbons (Fsp3) is 0.300. The van der Waals surface area contributed by atoms with E-state index in [2.05, 4.69) is 10.6 Å². The van der Waals surface area contributed by atoms with Crippen molar-refractivity contribution in [3.8, 4) is 11.5 Å². The van der Waals surface area contributed by atoms with E-state index >= 15 is 0 Å². The van der Waals surface area contributed by atoms with Gasteiger partial charge >= 0.3 is 0 Å². The van der Waals surface area contributed by atoms with Crippen LogP contribution < -0.4 is 20.1 Å². The van der Waals surface area contributed by atoms with Crippen molar-refractivity contribution in [3.05, 3.63) is 59.2 Å². The zero-order valence-electron chi connectivity index (χ0n) is 15.3. The number of ether oxygens (including phenoxy) is 2. The highest BCUT2D eigenvalue weighted by molar-refractivity contribution is 5.94. The van der Waals surface area contributed by atoms with Gasteiger partial charge in [0.15, 0.2) is 6.61 Å². The van der Waals surface area contributed by atoms with E-state index in [0.717, 1.165) is 11.1 Å². The Hall–Kier alpha value is -3.02. The van der Waals surface area contributed by atoms with E-state index in [-0.39, 0.29) is 18.4 Å². The summed E-state index contributed by atoms with van der Waals surface area (Å²) in [6.45, 7) is 4.55. The van der Waals surface area contributed by atoms with Gasteiger partial charge in [-0.05, 0) is 49.7 Å². The summed E-state index contributed by atoms with van der Waals surface area (Å²) in [7, 11) is 1.57. The molecule has 0 saturated carbocycles. The van der Waals surface area contributed by atoms with Gasteiger partial charge in [-0.3, -0.25) is 9.59 Å². The summed E-state index contributed by atoms with van der Waals surface area (Å²) in [5.74, 6) is 0.952. The van der Waals surface area contributed by atoms with Crippen LogP contribution >= 0.6 is 0 Å². The lowest BCUT2D eigenvalue weighted by Crippen LogP contribution is -2.36. The first-order valence-electron chi connectivity index (χ1n) is 8.38. The molecule has 0 saturated heterocycles. The average molecular weight is 356 g/mol. The topological polar surface area (TPSA) is 76.7 Å². The van der Waals surface area contributed by atoms with E-state index in [1.165, 1.54) is 0 Å². The molecular formula is C20H24N2O4. The van der Waals surface area contributed by atoms with Crippen LogP contribution in [0.15, 0.2) is 42.5 Å². The molecule has 2 rings (SSSR count). The fourth-order valence-electron chi connectivity index (χ4n) is 2.38. The number of benzene rings is 2. The Bertz CT molecular complexity index is 757. The summed E-state index contributed by atoms with van der Waals surface area (Å²) < 4.78 is 10.6. The molecule has 6 nitrogen and oxygen atoms in total. The molecule has 2 N–H and O–H groups in total. The Morgan fingerprint density at radius 3 is 2.31 bits per heavy atom. The second-order valence-electron chi connectivity index (χ2n) is 5.89. The van der Waals surface area contributed by atoms with Gasteiger partial charge in [-0.25, -0.2) is 0 Å². The van der Waals surface area contributed by atoms with Crippen LogP contribution in [0.2, 0.25) is 0 Å². The predicted molar refractivity (Wildman–Crippen MR) is 99.7 cm³/mol. The molecule has 0 atom stereocenters. The smallest absolute Gasteiger partial charge is 0.258 e. The summed E-state index contributed by atoms with van der Waals surface area (Å²) in [6.07, 6.45) is 0. The Labute approximate surface area is 153 Å². The molecule has 26 heavy (non-hydrogen) atoms. The third-order valence-electron chi connectivity index (χ3n) is 3.77. The first-order chi connectivity index (χ1) is 12.5. The van der Waals surface area contributed by atoms with Gasteiger partial charge in [0, 0.05) is 18.7 Å². The molecule has 0 heterocycles. The monoisotopic (exact) mass is 356 g/mol. The molecule has 0 fully saturated rings. The highest BCUT2D eigenvalue weighted by atomic mass is 16.5. The van der Waals surface area contributed by atoms with Gasteiger partial charge in [-0.2, -0.15) is 0 Å². The molecule has 0 aromatic heterocycles. The quantitative estimate of drug-likeness (QED) is 0.711. The first kappa shape index (κ1) is 19.3. The number of carbonyl (C=O) groups excluding carboxylic acids is 2. The van der Waals surface area contributed by atoms with Gasteiger partial charge in [0.1, 0.15) is 11.5 Å². The Morgan fingerprint density at radius 2 is 1.65 bits per heavy atom. The van der Waals surface area contributed by atoms with E-state index in [1.54, 1.807) is 31.4 Å². The number of aryl methyl sites for hydroxylation is 2. The molecule has 0 aliphatic rings. The molecular weight excluding hydrogens is 332 g/mol. The van der Waals surface area contributed by atoms with Crippen molar-refractivity contribution in [1.29, 1.82) is 0 Å². The number of amides is 2. The Kier molecular flexibility index (Phi) is 7.02. The third-order valence-corrected chi connectivity index (χ3v) is 3.77. The number of hydrogen-bond donors (Lipinski definition) is 2. The van der Waals surface area contributed by atoms with E-state index in [1.807, 2.05) is 32.0 Å². The summed E-state index contributed by atoms with van der Waals surface area (Å²) in [4.78, 5) is 23.8. The maximum absolute atomic E-state index is 12.0. The second-order valence-corrected chi connectivity index (χ2v) is 5.89. The number of carbonyl (C=O) groups is 2. The maximum atomic E-state index is 12.0. The lowest BCUT2D eigenvalue weighted by Gasteiger charge is -2.10. The van der Waals surface area contributed by atoms with Crippen molar-refractivity contribution < 1.29 is 19.1 Å². The van der Waals surface area contributed by atoms with Crippen molar-refractivity contribution in [3.63, 3.8) is 0 Å². The number of methoxy groups -OCH3 is 1. The molecule has 2 aromatic rings. The summed E-state index contributed by atoms with van der Waals surface area (Å²) >= 11 is 0. The minimum atomic E-state index is -0.233. The minimum Gasteiger partial charge on any atom is -0.497 e. The summed E-state index contributed by atoms with van der Waals surface area (Å²) in [6, 6.07) is 12.6. The van der Waals surface area contributed by atoms with Crippen LogP contribution in [-0.4, -0.2) is 38.6 Å². The van der Waals surface area contributed by atoms with Crippen LogP contribution in [0.1, 0.15) is 21.5 Å². The normalized spacial score (nSPS) is 10.1. The number of rotatable bonds is 8. The lowest BCUT2D eigenvalue weighted by molar-refractivity contribution is -0.123. The van der Waals surface area contributed by atoms with Crippen molar-refractivity contribution in [2.45, 2.75) is 13.8 Å². The molecule has 2 amide bonds. The van der Waals surface area contributed by atoms with Gasteiger partial charge in [0.05, 0.1) is 7.11 Å². The van der Waals surface area contributed by atoms with Crippen LogP contribution in [0.3, 0.4) is 0 Å². The number of hydrogen-bond acceptors (Lipinski definition) is 4. The van der Waals surface area contributed by atoms with Crippen LogP contribution in [0.25, 0.3) is 0 Å². The standard InChI is InChI=1S/C20H24N2O4/c1-14-4-9-18(15(2)12-14)26-13-19(23)21-10-11-22-20(24)16-5-7-17(25-3)8-6-16/h4-9,12H,10-11,13H2,1-3H3,(H,21,23)(H,22,24). The van der Waals surface area contributed by atoms with E-state index in [4.69, 9.17) is 9.47 Å². The highest BCUT2D eigenvalue weighted by Gasteiger charge is 2.07. The molecule has 138 valence electrons. The molecule has 0 aliphatic carbocycles. The van der Waals surface area contributed by atoms with Crippen LogP contribution in [0, 0.1) is 13.8 Å². The summed E-state index contributed by atoms with van der Waals surface area (Å²) in [5, 5.41) is 5.46. The van der Waals surface area contributed by atoms with E-state index < -0.39 is 0 Å². The van der Waals surface area contributed by atoms with Gasteiger partial charge in [-0.15, -0.1) is 0 Å². The van der Waals surface area contributed by atoms with Crippen LogP contribution in [-0.2, 0) is 4.79 Å². The van der Waals surface area contributed by atoms with Crippen molar-refractivity contribution in [2.24, 2.45) is 0 Å². The van der Waals surface area contributed by atoms with Gasteiger partial charge in [0.25, 0.3) is 11.8 Å². The van der Waals surface area contributed by atoms with Gasteiger partial charge in [-0.1, -0.05) is 17.7 Å². The molecule has 0 radical (unpaired) electrons. The molecule has 0 aliphatic heterocycles. The number of nitrogens with one attached hydrogen (secondary N) is 2. The van der Waals surface area contributed by atoms with Gasteiger partial charge in [0.2, 0.25) is 0 Å². The molecule has 0 spiro atoms. The predicted octanol–water partition coefficient (Wildman–Crippen LogP) is 2.24.